The van der Waals surface area contributed by atoms with Gasteiger partial charge in [0.05, 0.1) is 49.6 Å². The number of anilines is 1. The summed E-state index contributed by atoms with van der Waals surface area (Å²) in [5, 5.41) is 3.69. The molecule has 0 radical (unpaired) electrons. The smallest absolute Gasteiger partial charge is 0.408 e. The molecule has 33 heavy (non-hydrogen) atoms. The first kappa shape index (κ1) is 24.0. The first-order valence-electron chi connectivity index (χ1n) is 9.60. The molecule has 0 atom stereocenters. The number of hydrogen-bond acceptors (Lipinski definition) is 7. The van der Waals surface area contributed by atoms with E-state index in [1.807, 2.05) is 0 Å². The van der Waals surface area contributed by atoms with Crippen molar-refractivity contribution in [1.29, 1.82) is 0 Å². The summed E-state index contributed by atoms with van der Waals surface area (Å²) in [6, 6.07) is 5.03. The third-order valence-electron chi connectivity index (χ3n) is 4.56. The largest absolute Gasteiger partial charge is 0.491 e. The van der Waals surface area contributed by atoms with E-state index < -0.39 is 12.7 Å². The number of methoxy groups -OCH3 is 3. The molecule has 12 heteroatoms. The van der Waals surface area contributed by atoms with Crippen LogP contribution in [0.1, 0.15) is 16.1 Å². The van der Waals surface area contributed by atoms with Crippen LogP contribution in [-0.2, 0) is 17.8 Å². The maximum atomic E-state index is 12.7. The van der Waals surface area contributed by atoms with Crippen LogP contribution in [-0.4, -0.2) is 60.3 Å². The molecule has 0 unspecified atom stereocenters. The Balaban J connectivity index is 0.000000968. The molecule has 0 saturated carbocycles. The van der Waals surface area contributed by atoms with Crippen molar-refractivity contribution in [2.75, 3.05) is 33.3 Å². The molecule has 0 saturated heterocycles. The van der Waals surface area contributed by atoms with E-state index in [4.69, 9.17) is 9.47 Å². The molecule has 4 heterocycles. The lowest BCUT2D eigenvalue weighted by Crippen LogP contribution is -2.22. The highest BCUT2D eigenvalue weighted by Gasteiger charge is 2.32. The molecule has 3 aromatic heterocycles. The molecule has 0 spiro atoms. The Kier molecular flexibility index (Phi) is 7.16. The van der Waals surface area contributed by atoms with E-state index in [0.717, 1.165) is 4.68 Å². The van der Waals surface area contributed by atoms with Crippen molar-refractivity contribution in [2.45, 2.75) is 19.3 Å². The summed E-state index contributed by atoms with van der Waals surface area (Å²) in [5.41, 5.74) is 2.41. The SMILES string of the molecule is COC.COc1cc(-c2ccc3c(n2)CN(c2cnn(CC(F)(F)F)c2)C3=O)cnc1OC. The van der Waals surface area contributed by atoms with E-state index in [2.05, 4.69) is 19.8 Å². The van der Waals surface area contributed by atoms with Gasteiger partial charge in [-0.3, -0.25) is 19.4 Å². The van der Waals surface area contributed by atoms with Gasteiger partial charge in [0, 0.05) is 32.2 Å². The minimum Gasteiger partial charge on any atom is -0.491 e. The standard InChI is InChI=1S/C19H16F3N5O3.C2H6O/c1-29-16-5-11(6-23-17(16)30-2)14-4-3-13-15(25-14)9-27(18(13)28)12-7-24-26(8-12)10-19(20,21)22;1-3-2/h3-8H,9-10H2,1-2H3;1-2H3. The Morgan fingerprint density at radius 3 is 2.45 bits per heavy atom. The summed E-state index contributed by atoms with van der Waals surface area (Å²) in [5.74, 6) is 0.424. The Morgan fingerprint density at radius 1 is 1.09 bits per heavy atom. The van der Waals surface area contributed by atoms with Crippen molar-refractivity contribution in [2.24, 2.45) is 0 Å². The molecule has 1 aliphatic rings. The summed E-state index contributed by atoms with van der Waals surface area (Å²) in [7, 11) is 6.23. The van der Waals surface area contributed by atoms with Crippen LogP contribution in [0.5, 0.6) is 11.6 Å². The second kappa shape index (κ2) is 9.86. The molecule has 0 N–H and O–H groups in total. The number of amides is 1. The van der Waals surface area contributed by atoms with Crippen molar-refractivity contribution in [3.8, 4) is 22.9 Å². The summed E-state index contributed by atoms with van der Waals surface area (Å²) in [6.45, 7) is -1.10. The molecule has 1 amide bonds. The van der Waals surface area contributed by atoms with E-state index >= 15 is 0 Å². The number of carbonyl (C=O) groups is 1. The third-order valence-corrected chi connectivity index (χ3v) is 4.56. The van der Waals surface area contributed by atoms with Gasteiger partial charge in [-0.1, -0.05) is 0 Å². The molecular weight excluding hydrogens is 443 g/mol. The Hall–Kier alpha value is -3.67. The fourth-order valence-electron chi connectivity index (χ4n) is 3.19. The number of carbonyl (C=O) groups excluding carboxylic acids is 1. The van der Waals surface area contributed by atoms with E-state index in [1.165, 1.54) is 31.5 Å². The zero-order valence-electron chi connectivity index (χ0n) is 18.4. The number of ether oxygens (including phenoxy) is 3. The van der Waals surface area contributed by atoms with Gasteiger partial charge in [0.2, 0.25) is 0 Å². The van der Waals surface area contributed by atoms with E-state index in [0.29, 0.717) is 34.1 Å². The van der Waals surface area contributed by atoms with Crippen molar-refractivity contribution in [3.63, 3.8) is 0 Å². The van der Waals surface area contributed by atoms with Crippen molar-refractivity contribution >= 4 is 11.6 Å². The number of aromatic nitrogens is 4. The molecule has 0 fully saturated rings. The molecule has 9 nitrogen and oxygen atoms in total. The maximum absolute atomic E-state index is 12.7. The summed E-state index contributed by atoms with van der Waals surface area (Å²) in [4.78, 5) is 22.8. The summed E-state index contributed by atoms with van der Waals surface area (Å²) in [6.07, 6.45) is -0.401. The van der Waals surface area contributed by atoms with Gasteiger partial charge in [0.25, 0.3) is 11.8 Å². The molecule has 0 aliphatic carbocycles. The number of hydrogen-bond donors (Lipinski definition) is 0. The molecule has 4 rings (SSSR count). The monoisotopic (exact) mass is 465 g/mol. The van der Waals surface area contributed by atoms with Gasteiger partial charge in [0.1, 0.15) is 6.54 Å². The topological polar surface area (TPSA) is 91.6 Å². The lowest BCUT2D eigenvalue weighted by atomic mass is 10.1. The van der Waals surface area contributed by atoms with Gasteiger partial charge >= 0.3 is 6.18 Å². The van der Waals surface area contributed by atoms with Gasteiger partial charge < -0.3 is 14.2 Å². The predicted molar refractivity (Wildman–Crippen MR) is 112 cm³/mol. The molecule has 3 aromatic rings. The molecule has 1 aliphatic heterocycles. The third kappa shape index (κ3) is 5.40. The maximum Gasteiger partial charge on any atom is 0.408 e. The van der Waals surface area contributed by atoms with Crippen molar-refractivity contribution < 1.29 is 32.2 Å². The average Bonchev–Trinajstić information content (AvgIpc) is 3.36. The number of alkyl halides is 3. The lowest BCUT2D eigenvalue weighted by Gasteiger charge is -2.12. The van der Waals surface area contributed by atoms with E-state index in [-0.39, 0.29) is 18.1 Å². The number of nitrogens with zero attached hydrogens (tertiary/aromatic N) is 5. The Labute approximate surface area is 187 Å². The number of rotatable bonds is 5. The highest BCUT2D eigenvalue weighted by atomic mass is 19.4. The van der Waals surface area contributed by atoms with Gasteiger partial charge in [-0.15, -0.1) is 0 Å². The first-order chi connectivity index (χ1) is 15.7. The van der Waals surface area contributed by atoms with Crippen LogP contribution < -0.4 is 14.4 Å². The fourth-order valence-corrected chi connectivity index (χ4v) is 3.19. The molecule has 176 valence electrons. The second-order valence-corrected chi connectivity index (χ2v) is 6.94. The second-order valence-electron chi connectivity index (χ2n) is 6.94. The van der Waals surface area contributed by atoms with Crippen molar-refractivity contribution in [3.05, 3.63) is 48.0 Å². The number of halogens is 3. The van der Waals surface area contributed by atoms with Crippen LogP contribution in [0.2, 0.25) is 0 Å². The van der Waals surface area contributed by atoms with E-state index in [9.17, 15) is 18.0 Å². The van der Waals surface area contributed by atoms with Crippen LogP contribution in [0.3, 0.4) is 0 Å². The Bertz CT molecular complexity index is 1130. The normalized spacial score (nSPS) is 12.8. The minimum absolute atomic E-state index is 0.125. The molecular formula is C21H22F3N5O4. The first-order valence-corrected chi connectivity index (χ1v) is 9.60. The van der Waals surface area contributed by atoms with Gasteiger partial charge in [-0.05, 0) is 18.2 Å². The van der Waals surface area contributed by atoms with Crippen LogP contribution in [0, 0.1) is 0 Å². The summed E-state index contributed by atoms with van der Waals surface area (Å²) >= 11 is 0. The van der Waals surface area contributed by atoms with E-state index in [1.54, 1.807) is 38.6 Å². The zero-order chi connectivity index (χ0) is 24.2. The minimum atomic E-state index is -4.40. The lowest BCUT2D eigenvalue weighted by molar-refractivity contribution is -0.142. The van der Waals surface area contributed by atoms with Crippen LogP contribution in [0.25, 0.3) is 11.3 Å². The van der Waals surface area contributed by atoms with Gasteiger partial charge in [0.15, 0.2) is 5.75 Å². The highest BCUT2D eigenvalue weighted by Crippen LogP contribution is 2.32. The number of pyridine rings is 2. The van der Waals surface area contributed by atoms with Gasteiger partial charge in [-0.25, -0.2) is 4.98 Å². The fraction of sp³-hybridized carbons (Fsp3) is 0.333. The van der Waals surface area contributed by atoms with Crippen molar-refractivity contribution in [1.82, 2.24) is 19.7 Å². The average molecular weight is 465 g/mol. The number of fused-ring (bicyclic) bond motifs is 1. The predicted octanol–water partition coefficient (Wildman–Crippen LogP) is 3.34. The highest BCUT2D eigenvalue weighted by molar-refractivity contribution is 6.09. The van der Waals surface area contributed by atoms with Crippen LogP contribution >= 0.6 is 0 Å². The molecule has 0 aromatic carbocycles. The van der Waals surface area contributed by atoms with Crippen LogP contribution in [0.4, 0.5) is 18.9 Å². The zero-order valence-corrected chi connectivity index (χ0v) is 18.4. The summed E-state index contributed by atoms with van der Waals surface area (Å²) < 4.78 is 53.0. The van der Waals surface area contributed by atoms with Gasteiger partial charge in [-0.2, -0.15) is 18.3 Å². The van der Waals surface area contributed by atoms with Crippen LogP contribution in [0.15, 0.2) is 36.8 Å². The Morgan fingerprint density at radius 2 is 1.82 bits per heavy atom. The molecule has 0 bridgehead atoms. The quantitative estimate of drug-likeness (QED) is 0.571.